The Balaban J connectivity index is 4.24. The number of quaternary nitrogens is 1. The van der Waals surface area contributed by atoms with Gasteiger partial charge in [0.1, 0.15) is 6.61 Å². The molecule has 55 heavy (non-hydrogen) atoms. The molecule has 0 aliphatic carbocycles. The second kappa shape index (κ2) is 39.2. The minimum Gasteiger partial charge on any atom is -0.477 e. The molecule has 0 radical (unpaired) electrons. The SMILES string of the molecule is CCCCCCCCCCCCCCCCCCCC(=O)OCC(COCCC(C(=O)O)[N+](C)(C)C)OC(=O)CCCCCCCCCCCCCCCC. The molecule has 0 amide bonds. The van der Waals surface area contributed by atoms with Crippen LogP contribution in [0.25, 0.3) is 0 Å². The van der Waals surface area contributed by atoms with Crippen LogP contribution < -0.4 is 0 Å². The molecule has 0 aromatic rings. The Morgan fingerprint density at radius 1 is 0.473 bits per heavy atom. The van der Waals surface area contributed by atoms with Crippen molar-refractivity contribution in [1.82, 2.24) is 0 Å². The smallest absolute Gasteiger partial charge is 0.362 e. The van der Waals surface area contributed by atoms with Crippen LogP contribution in [0.5, 0.6) is 0 Å². The number of nitrogens with zero attached hydrogens (tertiary/aromatic N) is 1. The highest BCUT2D eigenvalue weighted by Crippen LogP contribution is 2.16. The number of carbonyl (C=O) groups excluding carboxylic acids is 2. The number of unbranched alkanes of at least 4 members (excludes halogenated alkanes) is 29. The Bertz CT molecular complexity index is 874. The summed E-state index contributed by atoms with van der Waals surface area (Å²) in [6.45, 7) is 4.78. The van der Waals surface area contributed by atoms with Crippen LogP contribution in [0.1, 0.15) is 232 Å². The number of carboxylic acid groups (broad SMARTS) is 1. The van der Waals surface area contributed by atoms with E-state index in [1.165, 1.54) is 161 Å². The number of esters is 2. The van der Waals surface area contributed by atoms with Crippen molar-refractivity contribution in [3.8, 4) is 0 Å². The summed E-state index contributed by atoms with van der Waals surface area (Å²) in [7, 11) is 5.54. The fourth-order valence-electron chi connectivity index (χ4n) is 7.33. The van der Waals surface area contributed by atoms with Crippen LogP contribution in [0.15, 0.2) is 0 Å². The first-order valence-electron chi connectivity index (χ1n) is 23.6. The highest BCUT2D eigenvalue weighted by atomic mass is 16.6. The van der Waals surface area contributed by atoms with Gasteiger partial charge in [-0.05, 0) is 12.8 Å². The van der Waals surface area contributed by atoms with E-state index in [4.69, 9.17) is 14.2 Å². The molecule has 0 bridgehead atoms. The first kappa shape index (κ1) is 53.3. The number of carbonyl (C=O) groups is 3. The van der Waals surface area contributed by atoms with Gasteiger partial charge < -0.3 is 23.8 Å². The summed E-state index contributed by atoms with van der Waals surface area (Å²) in [5.74, 6) is -1.44. The van der Waals surface area contributed by atoms with Crippen molar-refractivity contribution in [2.75, 3.05) is 41.0 Å². The highest BCUT2D eigenvalue weighted by molar-refractivity contribution is 5.72. The lowest BCUT2D eigenvalue weighted by molar-refractivity contribution is -0.887. The van der Waals surface area contributed by atoms with Crippen molar-refractivity contribution in [1.29, 1.82) is 0 Å². The van der Waals surface area contributed by atoms with Gasteiger partial charge in [0.25, 0.3) is 0 Å². The van der Waals surface area contributed by atoms with E-state index in [1.54, 1.807) is 0 Å². The molecule has 326 valence electrons. The van der Waals surface area contributed by atoms with Crippen LogP contribution in [0.2, 0.25) is 0 Å². The van der Waals surface area contributed by atoms with Crippen LogP contribution in [0.4, 0.5) is 0 Å². The number of hydrogen-bond donors (Lipinski definition) is 1. The first-order chi connectivity index (χ1) is 26.6. The fourth-order valence-corrected chi connectivity index (χ4v) is 7.33. The predicted molar refractivity (Wildman–Crippen MR) is 229 cm³/mol. The molecule has 2 atom stereocenters. The van der Waals surface area contributed by atoms with E-state index >= 15 is 0 Å². The zero-order valence-corrected chi connectivity index (χ0v) is 37.2. The van der Waals surface area contributed by atoms with Crippen molar-refractivity contribution in [2.24, 2.45) is 0 Å². The molecule has 8 heteroatoms. The van der Waals surface area contributed by atoms with Crippen molar-refractivity contribution in [3.63, 3.8) is 0 Å². The Morgan fingerprint density at radius 3 is 1.13 bits per heavy atom. The molecular weight excluding hydrogens is 691 g/mol. The number of ether oxygens (including phenoxy) is 3. The van der Waals surface area contributed by atoms with Crippen molar-refractivity contribution in [3.05, 3.63) is 0 Å². The van der Waals surface area contributed by atoms with Gasteiger partial charge in [-0.25, -0.2) is 4.79 Å². The summed E-state index contributed by atoms with van der Waals surface area (Å²) in [6, 6.07) is -0.608. The maximum absolute atomic E-state index is 12.7. The normalized spacial score (nSPS) is 12.8. The van der Waals surface area contributed by atoms with Crippen LogP contribution in [0, 0.1) is 0 Å². The lowest BCUT2D eigenvalue weighted by atomic mass is 10.0. The van der Waals surface area contributed by atoms with Crippen molar-refractivity contribution >= 4 is 17.9 Å². The largest absolute Gasteiger partial charge is 0.477 e. The zero-order valence-electron chi connectivity index (χ0n) is 37.2. The quantitative estimate of drug-likeness (QED) is 0.0373. The molecule has 0 saturated carbocycles. The van der Waals surface area contributed by atoms with Gasteiger partial charge in [-0.1, -0.05) is 200 Å². The van der Waals surface area contributed by atoms with Gasteiger partial charge in [0.05, 0.1) is 34.4 Å². The van der Waals surface area contributed by atoms with Gasteiger partial charge in [-0.2, -0.15) is 0 Å². The predicted octanol–water partition coefficient (Wildman–Crippen LogP) is 12.9. The number of rotatable bonds is 43. The highest BCUT2D eigenvalue weighted by Gasteiger charge is 2.31. The summed E-state index contributed by atoms with van der Waals surface area (Å²) in [4.78, 5) is 37.0. The van der Waals surface area contributed by atoms with Crippen LogP contribution in [-0.4, -0.2) is 80.6 Å². The average molecular weight is 783 g/mol. The maximum Gasteiger partial charge on any atom is 0.362 e. The Labute approximate surface area is 340 Å². The Kier molecular flexibility index (Phi) is 38.0. The number of likely N-dealkylation sites (N-methyl/N-ethyl adjacent to an activating group) is 1. The van der Waals surface area contributed by atoms with Crippen LogP contribution in [-0.2, 0) is 28.6 Å². The summed E-state index contributed by atoms with van der Waals surface area (Å²) >= 11 is 0. The molecule has 1 N–H and O–H groups in total. The molecule has 0 spiro atoms. The van der Waals surface area contributed by atoms with Gasteiger partial charge in [-0.3, -0.25) is 9.59 Å². The molecule has 2 unspecified atom stereocenters. The van der Waals surface area contributed by atoms with Crippen LogP contribution >= 0.6 is 0 Å². The number of aliphatic carboxylic acids is 1. The topological polar surface area (TPSA) is 99.1 Å². The summed E-state index contributed by atoms with van der Waals surface area (Å²) < 4.78 is 17.3. The molecule has 8 nitrogen and oxygen atoms in total. The average Bonchev–Trinajstić information content (AvgIpc) is 3.14. The minimum atomic E-state index is -0.870. The van der Waals surface area contributed by atoms with Gasteiger partial charge in [0.2, 0.25) is 0 Å². The molecule has 0 aliphatic heterocycles. The summed E-state index contributed by atoms with van der Waals surface area (Å²) in [6.07, 6.45) is 39.9. The first-order valence-corrected chi connectivity index (χ1v) is 23.6. The lowest BCUT2D eigenvalue weighted by Gasteiger charge is -2.31. The second-order valence-electron chi connectivity index (χ2n) is 17.4. The van der Waals surface area contributed by atoms with Gasteiger partial charge in [0, 0.05) is 19.3 Å². The van der Waals surface area contributed by atoms with E-state index in [-0.39, 0.29) is 36.2 Å². The van der Waals surface area contributed by atoms with Gasteiger partial charge in [-0.15, -0.1) is 0 Å². The lowest BCUT2D eigenvalue weighted by Crippen LogP contribution is -2.50. The molecule has 0 rings (SSSR count). The molecule has 0 fully saturated rings. The minimum absolute atomic E-state index is 0.0417. The monoisotopic (exact) mass is 783 g/mol. The Hall–Kier alpha value is -1.67. The Morgan fingerprint density at radius 2 is 0.800 bits per heavy atom. The van der Waals surface area contributed by atoms with Crippen LogP contribution in [0.3, 0.4) is 0 Å². The van der Waals surface area contributed by atoms with E-state index in [1.807, 2.05) is 21.1 Å². The van der Waals surface area contributed by atoms with E-state index in [0.29, 0.717) is 19.3 Å². The molecular formula is C47H92NO7+. The third kappa shape index (κ3) is 37.7. The zero-order chi connectivity index (χ0) is 40.7. The number of carboxylic acids is 1. The second-order valence-corrected chi connectivity index (χ2v) is 17.4. The van der Waals surface area contributed by atoms with E-state index in [0.717, 1.165) is 38.5 Å². The standard InChI is InChI=1S/C47H91NO7/c1-6-8-10-12-14-16-18-20-22-23-24-26-27-29-31-33-35-37-45(49)54-42-43(41-53-40-39-44(47(51)52)48(3,4)5)55-46(50)38-36-34-32-30-28-25-21-19-17-15-13-11-9-7-2/h43-44H,6-42H2,1-5H3/p+1. The number of hydrogen-bond acceptors (Lipinski definition) is 6. The summed E-state index contributed by atoms with van der Waals surface area (Å²) in [5, 5.41) is 9.62. The van der Waals surface area contributed by atoms with Crippen molar-refractivity contribution < 1.29 is 38.2 Å². The van der Waals surface area contributed by atoms with Gasteiger partial charge in [0.15, 0.2) is 12.1 Å². The van der Waals surface area contributed by atoms with E-state index in [9.17, 15) is 19.5 Å². The van der Waals surface area contributed by atoms with E-state index < -0.39 is 18.1 Å². The fraction of sp³-hybridized carbons (Fsp3) is 0.936. The third-order valence-corrected chi connectivity index (χ3v) is 11.0. The third-order valence-electron chi connectivity index (χ3n) is 11.0. The molecule has 0 heterocycles. The molecule has 0 aromatic carbocycles. The molecule has 0 aromatic heterocycles. The molecule has 0 saturated heterocycles. The van der Waals surface area contributed by atoms with E-state index in [2.05, 4.69) is 13.8 Å². The molecule has 0 aliphatic rings. The maximum atomic E-state index is 12.7. The van der Waals surface area contributed by atoms with Gasteiger partial charge >= 0.3 is 17.9 Å². The summed E-state index contributed by atoms with van der Waals surface area (Å²) in [5.41, 5.74) is 0. The van der Waals surface area contributed by atoms with Crippen molar-refractivity contribution in [2.45, 2.75) is 244 Å².